The van der Waals surface area contributed by atoms with Gasteiger partial charge in [0.05, 0.1) is 0 Å². The number of amides is 3. The molecule has 1 aromatic carbocycles. The molecule has 0 unspecified atom stereocenters. The molecule has 3 rings (SSSR count). The van der Waals surface area contributed by atoms with Crippen molar-refractivity contribution in [3.8, 4) is 0 Å². The average molecular weight is 359 g/mol. The molecule has 2 aromatic rings. The molecule has 130 valence electrons. The fraction of sp³-hybridized carbons (Fsp3) is 0.222. The number of nitrogens with one attached hydrogen (secondary N) is 1. The highest BCUT2D eigenvalue weighted by molar-refractivity contribution is 7.08. The molecule has 1 aliphatic rings. The van der Waals surface area contributed by atoms with Crippen LogP contribution in [0.25, 0.3) is 6.08 Å². The molecule has 5 nitrogen and oxygen atoms in total. The maximum atomic E-state index is 12.9. The Bertz CT molecular complexity index is 751. The lowest BCUT2D eigenvalue weighted by molar-refractivity contribution is -0.127. The van der Waals surface area contributed by atoms with Crippen molar-refractivity contribution in [3.05, 3.63) is 58.5 Å². The predicted molar refractivity (Wildman–Crippen MR) is 96.9 cm³/mol. The van der Waals surface area contributed by atoms with Crippen LogP contribution in [0.4, 0.5) is 14.9 Å². The summed E-state index contributed by atoms with van der Waals surface area (Å²) in [5.74, 6) is -0.398. The van der Waals surface area contributed by atoms with Gasteiger partial charge in [0, 0.05) is 37.9 Å². The van der Waals surface area contributed by atoms with E-state index in [4.69, 9.17) is 0 Å². The van der Waals surface area contributed by atoms with Crippen LogP contribution in [-0.4, -0.2) is 47.9 Å². The first-order valence-electron chi connectivity index (χ1n) is 7.92. The van der Waals surface area contributed by atoms with Crippen molar-refractivity contribution in [3.63, 3.8) is 0 Å². The summed E-state index contributed by atoms with van der Waals surface area (Å²) in [6.45, 7) is 1.91. The molecule has 3 amide bonds. The summed E-state index contributed by atoms with van der Waals surface area (Å²) in [4.78, 5) is 27.8. The number of halogens is 1. The van der Waals surface area contributed by atoms with Crippen LogP contribution in [0.3, 0.4) is 0 Å². The van der Waals surface area contributed by atoms with Gasteiger partial charge < -0.3 is 15.1 Å². The van der Waals surface area contributed by atoms with Crippen LogP contribution in [0.2, 0.25) is 0 Å². The van der Waals surface area contributed by atoms with Crippen molar-refractivity contribution in [2.45, 2.75) is 0 Å². The van der Waals surface area contributed by atoms with Crippen molar-refractivity contribution >= 4 is 35.0 Å². The Hall–Kier alpha value is -2.67. The van der Waals surface area contributed by atoms with Gasteiger partial charge in [-0.15, -0.1) is 0 Å². The lowest BCUT2D eigenvalue weighted by Gasteiger charge is -2.34. The number of nitrogens with zero attached hydrogens (tertiary/aromatic N) is 2. The van der Waals surface area contributed by atoms with Crippen LogP contribution in [0.5, 0.6) is 0 Å². The first-order valence-corrected chi connectivity index (χ1v) is 8.87. The molecular weight excluding hydrogens is 341 g/mol. The van der Waals surface area contributed by atoms with Crippen molar-refractivity contribution in [1.29, 1.82) is 0 Å². The summed E-state index contributed by atoms with van der Waals surface area (Å²) in [6.07, 6.45) is 3.36. The molecule has 0 atom stereocenters. The molecule has 0 radical (unpaired) electrons. The van der Waals surface area contributed by atoms with Crippen LogP contribution in [0.15, 0.2) is 47.2 Å². The number of hydrogen-bond acceptors (Lipinski definition) is 3. The summed E-state index contributed by atoms with van der Waals surface area (Å²) in [6, 6.07) is 7.34. The molecule has 1 N–H and O–H groups in total. The standard InChI is InChI=1S/C18H18FN3O2S/c19-15-2-4-16(5-3-15)20-18(24)22-10-8-21(9-11-22)17(23)6-1-14-7-12-25-13-14/h1-7,12-13H,8-11H2,(H,20,24)/b6-1+. The van der Waals surface area contributed by atoms with E-state index in [-0.39, 0.29) is 17.8 Å². The molecule has 0 saturated carbocycles. The van der Waals surface area contributed by atoms with Gasteiger partial charge in [-0.1, -0.05) is 0 Å². The summed E-state index contributed by atoms with van der Waals surface area (Å²) >= 11 is 1.58. The average Bonchev–Trinajstić information content (AvgIpc) is 3.15. The van der Waals surface area contributed by atoms with Crippen LogP contribution in [-0.2, 0) is 4.79 Å². The molecule has 1 saturated heterocycles. The minimum Gasteiger partial charge on any atom is -0.336 e. The minimum atomic E-state index is -0.347. The van der Waals surface area contributed by atoms with Gasteiger partial charge in [0.25, 0.3) is 0 Å². The Balaban J connectivity index is 1.48. The van der Waals surface area contributed by atoms with Gasteiger partial charge in [-0.05, 0) is 52.7 Å². The van der Waals surface area contributed by atoms with E-state index >= 15 is 0 Å². The van der Waals surface area contributed by atoms with Gasteiger partial charge in [0.15, 0.2) is 0 Å². The fourth-order valence-electron chi connectivity index (χ4n) is 2.51. The predicted octanol–water partition coefficient (Wildman–Crippen LogP) is 3.28. The van der Waals surface area contributed by atoms with Gasteiger partial charge in [0.1, 0.15) is 5.82 Å². The maximum absolute atomic E-state index is 12.9. The van der Waals surface area contributed by atoms with Crippen LogP contribution < -0.4 is 5.32 Å². The van der Waals surface area contributed by atoms with E-state index < -0.39 is 0 Å². The number of thiophene rings is 1. The first kappa shape index (κ1) is 17.2. The lowest BCUT2D eigenvalue weighted by Crippen LogP contribution is -2.51. The summed E-state index contributed by atoms with van der Waals surface area (Å²) in [7, 11) is 0. The normalized spacial score (nSPS) is 14.8. The molecule has 1 fully saturated rings. The SMILES string of the molecule is O=C(/C=C/c1ccsc1)N1CCN(C(=O)Nc2ccc(F)cc2)CC1. The van der Waals surface area contributed by atoms with Gasteiger partial charge in [0.2, 0.25) is 5.91 Å². The van der Waals surface area contributed by atoms with E-state index in [1.165, 1.54) is 24.3 Å². The second-order valence-corrected chi connectivity index (χ2v) is 6.42. The lowest BCUT2D eigenvalue weighted by atomic mass is 10.2. The van der Waals surface area contributed by atoms with Crippen molar-refractivity contribution in [2.75, 3.05) is 31.5 Å². The smallest absolute Gasteiger partial charge is 0.321 e. The molecule has 2 heterocycles. The number of rotatable bonds is 3. The van der Waals surface area contributed by atoms with Gasteiger partial charge >= 0.3 is 6.03 Å². The number of urea groups is 1. The Morgan fingerprint density at radius 3 is 2.36 bits per heavy atom. The molecule has 1 aliphatic heterocycles. The first-order chi connectivity index (χ1) is 12.1. The largest absolute Gasteiger partial charge is 0.336 e. The van der Waals surface area contributed by atoms with E-state index in [9.17, 15) is 14.0 Å². The monoisotopic (exact) mass is 359 g/mol. The topological polar surface area (TPSA) is 52.7 Å². The van der Waals surface area contributed by atoms with E-state index in [0.29, 0.717) is 31.9 Å². The highest BCUT2D eigenvalue weighted by Crippen LogP contribution is 2.12. The molecule has 1 aromatic heterocycles. The molecular formula is C18H18FN3O2S. The zero-order valence-electron chi connectivity index (χ0n) is 13.5. The van der Waals surface area contributed by atoms with Crippen LogP contribution in [0, 0.1) is 5.82 Å². The third-order valence-electron chi connectivity index (χ3n) is 3.94. The van der Waals surface area contributed by atoms with E-state index in [0.717, 1.165) is 5.56 Å². The number of hydrogen-bond donors (Lipinski definition) is 1. The van der Waals surface area contributed by atoms with Gasteiger partial charge in [-0.25, -0.2) is 9.18 Å². The van der Waals surface area contributed by atoms with E-state index in [2.05, 4.69) is 5.32 Å². The number of piperazine rings is 1. The molecule has 25 heavy (non-hydrogen) atoms. The van der Waals surface area contributed by atoms with Crippen molar-refractivity contribution in [1.82, 2.24) is 9.80 Å². The molecule has 0 spiro atoms. The van der Waals surface area contributed by atoms with Crippen LogP contribution >= 0.6 is 11.3 Å². The number of anilines is 1. The van der Waals surface area contributed by atoms with Gasteiger partial charge in [-0.3, -0.25) is 4.79 Å². The highest BCUT2D eigenvalue weighted by Gasteiger charge is 2.23. The summed E-state index contributed by atoms with van der Waals surface area (Å²) in [5.41, 5.74) is 1.55. The zero-order chi connectivity index (χ0) is 17.6. The third-order valence-corrected chi connectivity index (χ3v) is 4.64. The Kier molecular flexibility index (Phi) is 5.45. The second kappa shape index (κ2) is 7.94. The minimum absolute atomic E-state index is 0.0511. The summed E-state index contributed by atoms with van der Waals surface area (Å²) in [5, 5.41) is 6.67. The van der Waals surface area contributed by atoms with Gasteiger partial charge in [-0.2, -0.15) is 11.3 Å². The molecule has 0 aliphatic carbocycles. The van der Waals surface area contributed by atoms with E-state index in [1.54, 1.807) is 33.3 Å². The van der Waals surface area contributed by atoms with Crippen LogP contribution in [0.1, 0.15) is 5.56 Å². The second-order valence-electron chi connectivity index (χ2n) is 5.64. The van der Waals surface area contributed by atoms with Crippen molar-refractivity contribution in [2.24, 2.45) is 0 Å². The quantitative estimate of drug-likeness (QED) is 0.855. The Morgan fingerprint density at radius 2 is 1.72 bits per heavy atom. The van der Waals surface area contributed by atoms with E-state index in [1.807, 2.05) is 16.8 Å². The number of carbonyl (C=O) groups is 2. The molecule has 7 heteroatoms. The van der Waals surface area contributed by atoms with Crippen molar-refractivity contribution < 1.29 is 14.0 Å². The third kappa shape index (κ3) is 4.67. The fourth-order valence-corrected chi connectivity index (χ4v) is 3.14. The Morgan fingerprint density at radius 1 is 1.04 bits per heavy atom. The Labute approximate surface area is 149 Å². The summed E-state index contributed by atoms with van der Waals surface area (Å²) < 4.78 is 12.9. The zero-order valence-corrected chi connectivity index (χ0v) is 14.3. The number of carbonyl (C=O) groups excluding carboxylic acids is 2. The number of benzene rings is 1. The maximum Gasteiger partial charge on any atom is 0.321 e. The highest BCUT2D eigenvalue weighted by atomic mass is 32.1. The molecule has 0 bridgehead atoms.